The van der Waals surface area contributed by atoms with E-state index in [0.29, 0.717) is 11.8 Å². The molecule has 0 radical (unpaired) electrons. The molecule has 0 heterocycles. The van der Waals surface area contributed by atoms with Gasteiger partial charge in [-0.3, -0.25) is 0 Å². The van der Waals surface area contributed by atoms with E-state index in [0.717, 1.165) is 19.3 Å². The molecule has 2 aliphatic rings. The van der Waals surface area contributed by atoms with E-state index in [1.165, 1.54) is 17.6 Å². The first kappa shape index (κ1) is 11.9. The van der Waals surface area contributed by atoms with Crippen LogP contribution in [0.3, 0.4) is 0 Å². The molecule has 2 aliphatic carbocycles. The minimum absolute atomic E-state index is 0.0222. The van der Waals surface area contributed by atoms with Gasteiger partial charge in [-0.15, -0.1) is 0 Å². The molecule has 3 atom stereocenters. The lowest BCUT2D eigenvalue weighted by Crippen LogP contribution is -2.31. The third-order valence-electron chi connectivity index (χ3n) is 4.67. The molecule has 16 heavy (non-hydrogen) atoms. The van der Waals surface area contributed by atoms with Gasteiger partial charge in [0.2, 0.25) is 0 Å². The summed E-state index contributed by atoms with van der Waals surface area (Å²) in [5.74, 6) is 1.32. The Morgan fingerprint density at radius 1 is 1.44 bits per heavy atom. The predicted molar refractivity (Wildman–Crippen MR) is 68.1 cm³/mol. The Morgan fingerprint density at radius 2 is 2.12 bits per heavy atom. The van der Waals surface area contributed by atoms with Gasteiger partial charge in [0.05, 0.1) is 6.10 Å². The van der Waals surface area contributed by atoms with E-state index in [1.807, 2.05) is 0 Å². The van der Waals surface area contributed by atoms with Crippen molar-refractivity contribution in [1.82, 2.24) is 0 Å². The molecule has 0 spiro atoms. The van der Waals surface area contributed by atoms with Gasteiger partial charge in [0.25, 0.3) is 0 Å². The van der Waals surface area contributed by atoms with Crippen molar-refractivity contribution in [3.8, 4) is 0 Å². The molecule has 1 saturated carbocycles. The lowest BCUT2D eigenvalue weighted by atomic mass is 9.75. The van der Waals surface area contributed by atoms with Crippen molar-refractivity contribution in [3.05, 3.63) is 23.8 Å². The number of hydrogen-bond acceptors (Lipinski definition) is 1. The Hall–Kier alpha value is -0.560. The van der Waals surface area contributed by atoms with Crippen LogP contribution in [0.15, 0.2) is 23.8 Å². The Kier molecular flexibility index (Phi) is 3.00. The minimum atomic E-state index is -0.179. The van der Waals surface area contributed by atoms with Crippen LogP contribution in [0.4, 0.5) is 0 Å². The third kappa shape index (κ3) is 1.75. The largest absolute Gasteiger partial charge is 0.392 e. The average molecular weight is 220 g/mol. The zero-order chi connectivity index (χ0) is 11.9. The van der Waals surface area contributed by atoms with Crippen LogP contribution in [-0.4, -0.2) is 11.2 Å². The predicted octanol–water partition coefficient (Wildman–Crippen LogP) is 3.70. The summed E-state index contributed by atoms with van der Waals surface area (Å²) >= 11 is 0. The number of fused-ring (bicyclic) bond motifs is 1. The van der Waals surface area contributed by atoms with Crippen molar-refractivity contribution < 1.29 is 5.11 Å². The summed E-state index contributed by atoms with van der Waals surface area (Å²) in [5.41, 5.74) is 2.69. The third-order valence-corrected chi connectivity index (χ3v) is 4.67. The number of rotatable bonds is 1. The average Bonchev–Trinajstić information content (AvgIpc) is 2.49. The van der Waals surface area contributed by atoms with Crippen molar-refractivity contribution in [2.24, 2.45) is 17.3 Å². The minimum Gasteiger partial charge on any atom is -0.392 e. The van der Waals surface area contributed by atoms with E-state index in [2.05, 4.69) is 33.4 Å². The first-order valence-corrected chi connectivity index (χ1v) is 6.53. The highest BCUT2D eigenvalue weighted by Gasteiger charge is 2.46. The number of aliphatic hydroxyl groups excluding tert-OH is 1. The van der Waals surface area contributed by atoms with E-state index in [1.54, 1.807) is 0 Å². The van der Waals surface area contributed by atoms with E-state index in [4.69, 9.17) is 0 Å². The maximum Gasteiger partial charge on any atom is 0.0634 e. The van der Waals surface area contributed by atoms with Gasteiger partial charge in [0.15, 0.2) is 0 Å². The summed E-state index contributed by atoms with van der Waals surface area (Å²) in [6.07, 6.45) is 6.29. The van der Waals surface area contributed by atoms with Gasteiger partial charge < -0.3 is 5.11 Å². The van der Waals surface area contributed by atoms with E-state index >= 15 is 0 Å². The lowest BCUT2D eigenvalue weighted by molar-refractivity contribution is 0.0607. The molecular weight excluding hydrogens is 196 g/mol. The summed E-state index contributed by atoms with van der Waals surface area (Å²) in [4.78, 5) is 0. The zero-order valence-corrected chi connectivity index (χ0v) is 10.8. The first-order chi connectivity index (χ1) is 7.45. The Balaban J connectivity index is 2.40. The van der Waals surface area contributed by atoms with E-state index < -0.39 is 0 Å². The normalized spacial score (nSPS) is 39.6. The molecule has 1 fully saturated rings. The summed E-state index contributed by atoms with van der Waals surface area (Å²) in [6.45, 7) is 10.9. The Bertz CT molecular complexity index is 326. The van der Waals surface area contributed by atoms with Crippen molar-refractivity contribution >= 4 is 0 Å². The first-order valence-electron chi connectivity index (χ1n) is 6.53. The highest BCUT2D eigenvalue weighted by atomic mass is 16.3. The van der Waals surface area contributed by atoms with Gasteiger partial charge in [0.1, 0.15) is 0 Å². The van der Waals surface area contributed by atoms with Crippen molar-refractivity contribution in [1.29, 1.82) is 0 Å². The number of hydrogen-bond donors (Lipinski definition) is 1. The maximum atomic E-state index is 10.4. The molecule has 0 aliphatic heterocycles. The van der Waals surface area contributed by atoms with Crippen LogP contribution in [-0.2, 0) is 0 Å². The van der Waals surface area contributed by atoms with Crippen molar-refractivity contribution in [2.45, 2.75) is 52.6 Å². The highest BCUT2D eigenvalue weighted by Crippen LogP contribution is 2.53. The molecule has 0 unspecified atom stereocenters. The SMILES string of the molecule is C=C1C=C2[C@H](C(C)C)CC[C@@]2(C)[C@H](O)CC1. The molecule has 2 rings (SSSR count). The summed E-state index contributed by atoms with van der Waals surface area (Å²) < 4.78 is 0. The molecule has 1 heteroatoms. The molecule has 0 bridgehead atoms. The molecular formula is C15H24O. The molecule has 0 saturated heterocycles. The molecule has 1 nitrogen and oxygen atoms in total. The van der Waals surface area contributed by atoms with Gasteiger partial charge in [-0.25, -0.2) is 0 Å². The molecule has 0 aromatic rings. The van der Waals surface area contributed by atoms with Gasteiger partial charge in [-0.1, -0.05) is 44.6 Å². The maximum absolute atomic E-state index is 10.4. The molecule has 0 amide bonds. The van der Waals surface area contributed by atoms with Crippen LogP contribution in [0, 0.1) is 17.3 Å². The van der Waals surface area contributed by atoms with E-state index in [9.17, 15) is 5.11 Å². The monoisotopic (exact) mass is 220 g/mol. The molecule has 0 aromatic carbocycles. The topological polar surface area (TPSA) is 20.2 Å². The van der Waals surface area contributed by atoms with Crippen LogP contribution >= 0.6 is 0 Å². The number of aliphatic hydroxyl groups is 1. The van der Waals surface area contributed by atoms with E-state index in [-0.39, 0.29) is 11.5 Å². The summed E-state index contributed by atoms with van der Waals surface area (Å²) in [7, 11) is 0. The quantitative estimate of drug-likeness (QED) is 0.714. The van der Waals surface area contributed by atoms with Crippen LogP contribution in [0.2, 0.25) is 0 Å². The fourth-order valence-corrected chi connectivity index (χ4v) is 3.43. The van der Waals surface area contributed by atoms with Crippen LogP contribution in [0.1, 0.15) is 46.5 Å². The smallest absolute Gasteiger partial charge is 0.0634 e. The fourth-order valence-electron chi connectivity index (χ4n) is 3.43. The highest BCUT2D eigenvalue weighted by molar-refractivity contribution is 5.33. The second-order valence-electron chi connectivity index (χ2n) is 6.12. The van der Waals surface area contributed by atoms with Crippen molar-refractivity contribution in [3.63, 3.8) is 0 Å². The second-order valence-corrected chi connectivity index (χ2v) is 6.12. The Labute approximate surface area is 99.3 Å². The summed E-state index contributed by atoms with van der Waals surface area (Å²) in [5, 5.41) is 10.4. The lowest BCUT2D eigenvalue weighted by Gasteiger charge is -2.32. The summed E-state index contributed by atoms with van der Waals surface area (Å²) in [6, 6.07) is 0. The van der Waals surface area contributed by atoms with Gasteiger partial charge in [-0.2, -0.15) is 0 Å². The van der Waals surface area contributed by atoms with Crippen LogP contribution < -0.4 is 0 Å². The van der Waals surface area contributed by atoms with Gasteiger partial charge >= 0.3 is 0 Å². The molecule has 1 N–H and O–H groups in total. The van der Waals surface area contributed by atoms with Crippen LogP contribution in [0.25, 0.3) is 0 Å². The Morgan fingerprint density at radius 3 is 2.75 bits per heavy atom. The molecule has 0 aromatic heterocycles. The van der Waals surface area contributed by atoms with Crippen molar-refractivity contribution in [2.75, 3.05) is 0 Å². The second kappa shape index (κ2) is 4.03. The zero-order valence-electron chi connectivity index (χ0n) is 10.8. The standard InChI is InChI=1S/C15H24O/c1-10(2)12-7-8-15(4)13(12)9-11(3)5-6-14(15)16/h9-10,12,14,16H,3,5-8H2,1-2,4H3/t12-,14+,15+/m0/s1. The number of allylic oxidation sites excluding steroid dienone is 2. The molecule has 90 valence electrons. The van der Waals surface area contributed by atoms with Crippen LogP contribution in [0.5, 0.6) is 0 Å². The van der Waals surface area contributed by atoms with Gasteiger partial charge in [0, 0.05) is 5.41 Å². The van der Waals surface area contributed by atoms with Gasteiger partial charge in [-0.05, 0) is 37.5 Å². The fraction of sp³-hybridized carbons (Fsp3) is 0.733.